The molecule has 0 radical (unpaired) electrons. The van der Waals surface area contributed by atoms with Crippen LogP contribution in [0.2, 0.25) is 0 Å². The monoisotopic (exact) mass is 256 g/mol. The molecular weight excluding hydrogens is 232 g/mol. The third kappa shape index (κ3) is 7.40. The third-order valence-electron chi connectivity index (χ3n) is 3.00. The largest absolute Gasteiger partial charge is 0.295 e. The smallest absolute Gasteiger partial charge is 0.155 e. The highest BCUT2D eigenvalue weighted by Gasteiger charge is 1.96. The standard InChI is InChI=1S/C18H24O/c1-3-4-5-9-12-18(19)14-13-16(2)15-17-10-7-6-8-11-17/h6-8,10-11,13-15H,3-5,9,12H2,1-2H3. The van der Waals surface area contributed by atoms with Gasteiger partial charge in [0.1, 0.15) is 0 Å². The lowest BCUT2D eigenvalue weighted by atomic mass is 10.1. The van der Waals surface area contributed by atoms with Crippen LogP contribution in [-0.4, -0.2) is 5.78 Å². The van der Waals surface area contributed by atoms with E-state index in [1.165, 1.54) is 18.4 Å². The van der Waals surface area contributed by atoms with E-state index in [0.717, 1.165) is 18.4 Å². The van der Waals surface area contributed by atoms with E-state index in [1.54, 1.807) is 6.08 Å². The van der Waals surface area contributed by atoms with Gasteiger partial charge in [-0.2, -0.15) is 0 Å². The Bertz CT molecular complexity index is 426. The second kappa shape index (κ2) is 9.32. The number of carbonyl (C=O) groups is 1. The topological polar surface area (TPSA) is 17.1 Å². The minimum atomic E-state index is 0.233. The zero-order chi connectivity index (χ0) is 13.9. The van der Waals surface area contributed by atoms with E-state index in [4.69, 9.17) is 0 Å². The molecule has 1 aromatic rings. The van der Waals surface area contributed by atoms with Crippen LogP contribution in [-0.2, 0) is 4.79 Å². The molecule has 19 heavy (non-hydrogen) atoms. The van der Waals surface area contributed by atoms with Gasteiger partial charge in [0.15, 0.2) is 5.78 Å². The molecule has 0 unspecified atom stereocenters. The van der Waals surface area contributed by atoms with E-state index in [2.05, 4.69) is 25.1 Å². The van der Waals surface area contributed by atoms with Crippen molar-refractivity contribution in [3.8, 4) is 0 Å². The van der Waals surface area contributed by atoms with Crippen molar-refractivity contribution in [3.63, 3.8) is 0 Å². The third-order valence-corrected chi connectivity index (χ3v) is 3.00. The Labute approximate surface area is 117 Å². The second-order valence-corrected chi connectivity index (χ2v) is 4.91. The predicted octanol–water partition coefficient (Wildman–Crippen LogP) is 5.19. The Morgan fingerprint density at radius 1 is 1.05 bits per heavy atom. The maximum Gasteiger partial charge on any atom is 0.155 e. The zero-order valence-corrected chi connectivity index (χ0v) is 12.1. The molecule has 102 valence electrons. The Kier molecular flexibility index (Phi) is 7.57. The molecule has 0 aliphatic heterocycles. The summed E-state index contributed by atoms with van der Waals surface area (Å²) in [5, 5.41) is 0. The van der Waals surface area contributed by atoms with Gasteiger partial charge in [-0.25, -0.2) is 0 Å². The zero-order valence-electron chi connectivity index (χ0n) is 12.1. The van der Waals surface area contributed by atoms with Crippen LogP contribution in [0.5, 0.6) is 0 Å². The Morgan fingerprint density at radius 2 is 1.79 bits per heavy atom. The van der Waals surface area contributed by atoms with Crippen molar-refractivity contribution in [1.82, 2.24) is 0 Å². The molecule has 0 amide bonds. The van der Waals surface area contributed by atoms with Gasteiger partial charge >= 0.3 is 0 Å². The molecule has 0 heterocycles. The summed E-state index contributed by atoms with van der Waals surface area (Å²) in [6.07, 6.45) is 11.0. The molecule has 1 rings (SSSR count). The first-order chi connectivity index (χ1) is 9.22. The number of benzene rings is 1. The first-order valence-electron chi connectivity index (χ1n) is 7.16. The summed E-state index contributed by atoms with van der Waals surface area (Å²) in [6.45, 7) is 4.20. The molecule has 0 fully saturated rings. The van der Waals surface area contributed by atoms with E-state index >= 15 is 0 Å². The molecule has 1 nitrogen and oxygen atoms in total. The molecule has 1 aromatic carbocycles. The highest BCUT2D eigenvalue weighted by molar-refractivity contribution is 5.90. The summed E-state index contributed by atoms with van der Waals surface area (Å²) in [7, 11) is 0. The Hall–Kier alpha value is -1.63. The molecule has 0 bridgehead atoms. The number of ketones is 1. The number of unbranched alkanes of at least 4 members (excludes halogenated alkanes) is 3. The number of hydrogen-bond acceptors (Lipinski definition) is 1. The van der Waals surface area contributed by atoms with E-state index in [9.17, 15) is 4.79 Å². The van der Waals surface area contributed by atoms with Gasteiger partial charge in [0, 0.05) is 6.42 Å². The summed E-state index contributed by atoms with van der Waals surface area (Å²) in [4.78, 5) is 11.6. The first-order valence-corrected chi connectivity index (χ1v) is 7.16. The van der Waals surface area contributed by atoms with Crippen molar-refractivity contribution in [2.75, 3.05) is 0 Å². The highest BCUT2D eigenvalue weighted by atomic mass is 16.1. The average molecular weight is 256 g/mol. The molecule has 0 aliphatic carbocycles. The molecule has 0 spiro atoms. The summed E-state index contributed by atoms with van der Waals surface area (Å²) in [5.74, 6) is 0.233. The first kappa shape index (κ1) is 15.4. The fourth-order valence-electron chi connectivity index (χ4n) is 1.89. The maximum absolute atomic E-state index is 11.6. The van der Waals surface area contributed by atoms with Gasteiger partial charge in [-0.1, -0.05) is 74.2 Å². The van der Waals surface area contributed by atoms with E-state index in [0.29, 0.717) is 6.42 Å². The summed E-state index contributed by atoms with van der Waals surface area (Å²) < 4.78 is 0. The summed E-state index contributed by atoms with van der Waals surface area (Å²) in [5.41, 5.74) is 2.27. The van der Waals surface area contributed by atoms with Crippen molar-refractivity contribution < 1.29 is 4.79 Å². The molecule has 0 N–H and O–H groups in total. The van der Waals surface area contributed by atoms with Gasteiger partial charge in [-0.3, -0.25) is 4.79 Å². The van der Waals surface area contributed by atoms with Gasteiger partial charge in [-0.05, 0) is 25.0 Å². The van der Waals surface area contributed by atoms with Crippen molar-refractivity contribution in [3.05, 3.63) is 53.6 Å². The normalized spacial score (nSPS) is 12.0. The van der Waals surface area contributed by atoms with Crippen LogP contribution < -0.4 is 0 Å². The fraction of sp³-hybridized carbons (Fsp3) is 0.389. The quantitative estimate of drug-likeness (QED) is 0.355. The molecular formula is C18H24O. The molecule has 1 heteroatoms. The lowest BCUT2D eigenvalue weighted by molar-refractivity contribution is -0.114. The maximum atomic E-state index is 11.6. The van der Waals surface area contributed by atoms with Crippen LogP contribution in [0.3, 0.4) is 0 Å². The minimum Gasteiger partial charge on any atom is -0.295 e. The van der Waals surface area contributed by atoms with Crippen LogP contribution in [0.25, 0.3) is 6.08 Å². The Morgan fingerprint density at radius 3 is 2.47 bits per heavy atom. The van der Waals surface area contributed by atoms with Crippen molar-refractivity contribution in [2.24, 2.45) is 0 Å². The number of hydrogen-bond donors (Lipinski definition) is 0. The van der Waals surface area contributed by atoms with E-state index < -0.39 is 0 Å². The van der Waals surface area contributed by atoms with E-state index in [-0.39, 0.29) is 5.78 Å². The van der Waals surface area contributed by atoms with Crippen molar-refractivity contribution >= 4 is 11.9 Å². The summed E-state index contributed by atoms with van der Waals surface area (Å²) in [6, 6.07) is 10.2. The van der Waals surface area contributed by atoms with Gasteiger partial charge in [0.25, 0.3) is 0 Å². The average Bonchev–Trinajstić information content (AvgIpc) is 2.42. The summed E-state index contributed by atoms with van der Waals surface area (Å²) >= 11 is 0. The SMILES string of the molecule is CCCCCCC(=O)C=CC(C)=Cc1ccccc1. The van der Waals surface area contributed by atoms with E-state index in [1.807, 2.05) is 31.2 Å². The molecule has 0 saturated heterocycles. The van der Waals surface area contributed by atoms with Gasteiger partial charge in [0.2, 0.25) is 0 Å². The van der Waals surface area contributed by atoms with Crippen molar-refractivity contribution in [1.29, 1.82) is 0 Å². The second-order valence-electron chi connectivity index (χ2n) is 4.91. The van der Waals surface area contributed by atoms with Gasteiger partial charge in [0.05, 0.1) is 0 Å². The number of allylic oxidation sites excluding steroid dienone is 3. The minimum absolute atomic E-state index is 0.233. The lowest BCUT2D eigenvalue weighted by Crippen LogP contribution is -1.92. The van der Waals surface area contributed by atoms with Crippen LogP contribution in [0.1, 0.15) is 51.5 Å². The molecule has 0 saturated carbocycles. The van der Waals surface area contributed by atoms with Crippen LogP contribution in [0, 0.1) is 0 Å². The highest BCUT2D eigenvalue weighted by Crippen LogP contribution is 2.08. The van der Waals surface area contributed by atoms with Crippen LogP contribution in [0.15, 0.2) is 48.1 Å². The number of carbonyl (C=O) groups excluding carboxylic acids is 1. The van der Waals surface area contributed by atoms with Crippen LogP contribution >= 0.6 is 0 Å². The molecule has 0 aromatic heterocycles. The van der Waals surface area contributed by atoms with Gasteiger partial charge < -0.3 is 0 Å². The number of rotatable bonds is 8. The lowest BCUT2D eigenvalue weighted by Gasteiger charge is -1.97. The Balaban J connectivity index is 2.39. The van der Waals surface area contributed by atoms with Gasteiger partial charge in [-0.15, -0.1) is 0 Å². The molecule has 0 aliphatic rings. The predicted molar refractivity (Wildman–Crippen MR) is 83.0 cm³/mol. The molecule has 0 atom stereocenters. The van der Waals surface area contributed by atoms with Crippen molar-refractivity contribution in [2.45, 2.75) is 46.0 Å². The van der Waals surface area contributed by atoms with Crippen LogP contribution in [0.4, 0.5) is 0 Å². The fourth-order valence-corrected chi connectivity index (χ4v) is 1.89.